The lowest BCUT2D eigenvalue weighted by Gasteiger charge is -2.64. The van der Waals surface area contributed by atoms with E-state index in [1.807, 2.05) is 0 Å². The largest absolute Gasteiger partial charge is 0.481 e. The van der Waals surface area contributed by atoms with Crippen molar-refractivity contribution in [3.8, 4) is 0 Å². The average molecular weight is 333 g/mol. The maximum absolute atomic E-state index is 12.0. The predicted octanol–water partition coefficient (Wildman–Crippen LogP) is 3.60. The zero-order valence-electron chi connectivity index (χ0n) is 15.2. The molecule has 0 aromatic carbocycles. The van der Waals surface area contributed by atoms with Crippen molar-refractivity contribution in [2.75, 3.05) is 0 Å². The zero-order valence-corrected chi connectivity index (χ0v) is 15.2. The molecule has 24 heavy (non-hydrogen) atoms. The van der Waals surface area contributed by atoms with E-state index in [1.54, 1.807) is 0 Å². The number of piperidine rings is 1. The Labute approximate surface area is 144 Å². The summed E-state index contributed by atoms with van der Waals surface area (Å²) in [6.07, 6.45) is 7.92. The molecule has 2 N–H and O–H groups in total. The third kappa shape index (κ3) is 1.91. The highest BCUT2D eigenvalue weighted by Gasteiger charge is 2.64. The Morgan fingerprint density at radius 3 is 2.50 bits per heavy atom. The van der Waals surface area contributed by atoms with Gasteiger partial charge >= 0.3 is 5.97 Å². The van der Waals surface area contributed by atoms with Crippen LogP contribution in [0.4, 0.5) is 0 Å². The van der Waals surface area contributed by atoms with Gasteiger partial charge in [0.05, 0.1) is 5.92 Å². The minimum atomic E-state index is -0.588. The standard InChI is InChI=1S/C20H31NO3/c1-18-9-7-14-12(13(18)4-5-15(18)17(23)24)6-11-20(3)19(14,2)10-8-16(22)21-20/h12-15H,4-11H2,1-3H3,(H,21,22)(H,23,24)/t12-,13-,14-,15+,18-,19+,20+/m0/s1. The molecule has 1 heterocycles. The molecule has 4 fully saturated rings. The number of rotatable bonds is 1. The molecule has 134 valence electrons. The van der Waals surface area contributed by atoms with Crippen molar-refractivity contribution in [3.63, 3.8) is 0 Å². The Kier molecular flexibility index (Phi) is 3.41. The van der Waals surface area contributed by atoms with E-state index >= 15 is 0 Å². The second-order valence-electron chi connectivity index (χ2n) is 9.73. The number of hydrogen-bond donors (Lipinski definition) is 2. The first-order valence-electron chi connectivity index (χ1n) is 9.75. The van der Waals surface area contributed by atoms with Gasteiger partial charge in [-0.1, -0.05) is 13.8 Å². The van der Waals surface area contributed by atoms with Crippen LogP contribution < -0.4 is 5.32 Å². The molecular formula is C20H31NO3. The summed E-state index contributed by atoms with van der Waals surface area (Å²) in [5, 5.41) is 13.0. The van der Waals surface area contributed by atoms with Crippen molar-refractivity contribution < 1.29 is 14.7 Å². The van der Waals surface area contributed by atoms with Crippen molar-refractivity contribution in [3.05, 3.63) is 0 Å². The van der Waals surface area contributed by atoms with Crippen molar-refractivity contribution in [2.45, 2.75) is 77.7 Å². The number of amides is 1. The van der Waals surface area contributed by atoms with Crippen LogP contribution in [-0.4, -0.2) is 22.5 Å². The molecule has 4 nitrogen and oxygen atoms in total. The van der Waals surface area contributed by atoms with Crippen molar-refractivity contribution in [1.29, 1.82) is 0 Å². The summed E-state index contributed by atoms with van der Waals surface area (Å²) in [5.41, 5.74) is 0.0591. The van der Waals surface area contributed by atoms with Gasteiger partial charge in [-0.15, -0.1) is 0 Å². The van der Waals surface area contributed by atoms with Gasteiger partial charge in [-0.25, -0.2) is 0 Å². The van der Waals surface area contributed by atoms with E-state index < -0.39 is 5.97 Å². The van der Waals surface area contributed by atoms with E-state index in [0.717, 1.165) is 44.9 Å². The number of carboxylic acid groups (broad SMARTS) is 1. The molecule has 0 spiro atoms. The molecule has 0 unspecified atom stereocenters. The van der Waals surface area contributed by atoms with Crippen LogP contribution in [0.3, 0.4) is 0 Å². The molecular weight excluding hydrogens is 302 g/mol. The minimum Gasteiger partial charge on any atom is -0.481 e. The highest BCUT2D eigenvalue weighted by atomic mass is 16.4. The molecule has 1 aliphatic heterocycles. The number of fused-ring (bicyclic) bond motifs is 5. The van der Waals surface area contributed by atoms with E-state index in [-0.39, 0.29) is 28.2 Å². The van der Waals surface area contributed by atoms with Crippen LogP contribution in [0.1, 0.15) is 72.1 Å². The fourth-order valence-corrected chi connectivity index (χ4v) is 7.45. The van der Waals surface area contributed by atoms with Gasteiger partial charge < -0.3 is 10.4 Å². The van der Waals surface area contributed by atoms with Gasteiger partial charge in [-0.2, -0.15) is 0 Å². The molecule has 0 aromatic heterocycles. The molecule has 0 aromatic rings. The van der Waals surface area contributed by atoms with E-state index in [9.17, 15) is 14.7 Å². The Morgan fingerprint density at radius 2 is 1.79 bits per heavy atom. The molecule has 0 radical (unpaired) electrons. The van der Waals surface area contributed by atoms with Crippen molar-refractivity contribution in [2.24, 2.45) is 34.5 Å². The number of carbonyl (C=O) groups is 2. The monoisotopic (exact) mass is 333 g/mol. The Bertz CT molecular complexity index is 589. The van der Waals surface area contributed by atoms with Crippen molar-refractivity contribution >= 4 is 11.9 Å². The topological polar surface area (TPSA) is 66.4 Å². The van der Waals surface area contributed by atoms with Gasteiger partial charge in [0.25, 0.3) is 0 Å². The van der Waals surface area contributed by atoms with Crippen LogP contribution in [-0.2, 0) is 9.59 Å². The summed E-state index contributed by atoms with van der Waals surface area (Å²) < 4.78 is 0. The zero-order chi connectivity index (χ0) is 17.3. The Morgan fingerprint density at radius 1 is 1.04 bits per heavy atom. The van der Waals surface area contributed by atoms with Crippen LogP contribution in [0.2, 0.25) is 0 Å². The van der Waals surface area contributed by atoms with Crippen LogP contribution in [0, 0.1) is 34.5 Å². The summed E-state index contributed by atoms with van der Waals surface area (Å²) >= 11 is 0. The van der Waals surface area contributed by atoms with Gasteiger partial charge in [0.15, 0.2) is 0 Å². The first kappa shape index (κ1) is 16.4. The molecule has 1 amide bonds. The third-order valence-corrected chi connectivity index (χ3v) is 9.08. The molecule has 1 saturated heterocycles. The number of carbonyl (C=O) groups excluding carboxylic acids is 1. The average Bonchev–Trinajstić information content (AvgIpc) is 2.86. The number of aliphatic carboxylic acids is 1. The van der Waals surface area contributed by atoms with Gasteiger partial charge in [-0.3, -0.25) is 9.59 Å². The maximum Gasteiger partial charge on any atom is 0.307 e. The summed E-state index contributed by atoms with van der Waals surface area (Å²) in [7, 11) is 0. The van der Waals surface area contributed by atoms with E-state index in [1.165, 1.54) is 0 Å². The van der Waals surface area contributed by atoms with E-state index in [2.05, 4.69) is 26.1 Å². The second kappa shape index (κ2) is 4.98. The van der Waals surface area contributed by atoms with Gasteiger partial charge in [-0.05, 0) is 80.5 Å². The van der Waals surface area contributed by atoms with E-state index in [4.69, 9.17) is 0 Å². The fraction of sp³-hybridized carbons (Fsp3) is 0.900. The number of hydrogen-bond acceptors (Lipinski definition) is 2. The maximum atomic E-state index is 12.0. The van der Waals surface area contributed by atoms with Crippen LogP contribution >= 0.6 is 0 Å². The summed E-state index contributed by atoms with van der Waals surface area (Å²) in [6, 6.07) is 0. The Hall–Kier alpha value is -1.06. The smallest absolute Gasteiger partial charge is 0.307 e. The molecule has 3 saturated carbocycles. The normalized spacial score (nSPS) is 53.5. The molecule has 4 aliphatic rings. The lowest BCUT2D eigenvalue weighted by atomic mass is 9.44. The van der Waals surface area contributed by atoms with E-state index in [0.29, 0.717) is 24.2 Å². The highest BCUT2D eigenvalue weighted by Crippen LogP contribution is 2.67. The van der Waals surface area contributed by atoms with Crippen LogP contribution in [0.25, 0.3) is 0 Å². The lowest BCUT2D eigenvalue weighted by Crippen LogP contribution is -2.68. The van der Waals surface area contributed by atoms with Gasteiger partial charge in [0.2, 0.25) is 5.91 Å². The molecule has 7 atom stereocenters. The highest BCUT2D eigenvalue weighted by molar-refractivity contribution is 5.78. The Balaban J connectivity index is 1.66. The molecule has 4 rings (SSSR count). The molecule has 0 bridgehead atoms. The third-order valence-electron chi connectivity index (χ3n) is 9.08. The molecule has 4 heteroatoms. The van der Waals surface area contributed by atoms with Crippen LogP contribution in [0.5, 0.6) is 0 Å². The van der Waals surface area contributed by atoms with Gasteiger partial charge in [0, 0.05) is 12.0 Å². The quantitative estimate of drug-likeness (QED) is 0.770. The molecule has 3 aliphatic carbocycles. The second-order valence-corrected chi connectivity index (χ2v) is 9.73. The summed E-state index contributed by atoms with van der Waals surface area (Å²) in [5.74, 6) is 1.28. The van der Waals surface area contributed by atoms with Crippen LogP contribution in [0.15, 0.2) is 0 Å². The lowest BCUT2D eigenvalue weighted by molar-refractivity contribution is -0.159. The number of nitrogens with one attached hydrogen (secondary N) is 1. The summed E-state index contributed by atoms with van der Waals surface area (Å²) in [6.45, 7) is 6.90. The number of carboxylic acids is 1. The van der Waals surface area contributed by atoms with Gasteiger partial charge in [0.1, 0.15) is 0 Å². The SMILES string of the molecule is C[C@]12CC[C@H]3[C@@H](CC[C@@]4(C)NC(=O)CC[C@]34C)[C@@H]1CC[C@@H]2C(=O)O. The first-order chi connectivity index (χ1) is 11.2. The predicted molar refractivity (Wildman–Crippen MR) is 91.3 cm³/mol. The summed E-state index contributed by atoms with van der Waals surface area (Å²) in [4.78, 5) is 23.8. The fourth-order valence-electron chi connectivity index (χ4n) is 7.45. The van der Waals surface area contributed by atoms with Crippen molar-refractivity contribution in [1.82, 2.24) is 5.32 Å². The first-order valence-corrected chi connectivity index (χ1v) is 9.75. The minimum absolute atomic E-state index is 0.0188.